The van der Waals surface area contributed by atoms with Gasteiger partial charge in [-0.05, 0) is 131 Å². The van der Waals surface area contributed by atoms with Crippen LogP contribution in [0.2, 0.25) is 0 Å². The van der Waals surface area contributed by atoms with E-state index < -0.39 is 5.41 Å². The average Bonchev–Trinajstić information content (AvgIpc) is 3.92. The first-order valence-corrected chi connectivity index (χ1v) is 20.4. The summed E-state index contributed by atoms with van der Waals surface area (Å²) in [6.07, 6.45) is 0. The molecule has 2 nitrogen and oxygen atoms in total. The topological polar surface area (TPSA) is 22.4 Å². The van der Waals surface area contributed by atoms with Crippen molar-refractivity contribution in [1.29, 1.82) is 0 Å². The van der Waals surface area contributed by atoms with E-state index in [1.165, 1.54) is 88.3 Å². The minimum absolute atomic E-state index is 0.517. The fourth-order valence-corrected chi connectivity index (χ4v) is 11.1. The van der Waals surface area contributed by atoms with Crippen LogP contribution in [0.15, 0.2) is 199 Å². The highest BCUT2D eigenvalue weighted by Crippen LogP contribution is 2.65. The van der Waals surface area contributed by atoms with Crippen molar-refractivity contribution in [2.24, 2.45) is 0 Å². The van der Waals surface area contributed by atoms with Crippen LogP contribution in [0.1, 0.15) is 22.3 Å². The first-order chi connectivity index (χ1) is 29.2. The molecule has 0 bridgehead atoms. The lowest BCUT2D eigenvalue weighted by atomic mass is 9.69. The van der Waals surface area contributed by atoms with Gasteiger partial charge in [0.2, 0.25) is 0 Å². The molecule has 272 valence electrons. The number of hydrogen-bond acceptors (Lipinski definition) is 2. The normalized spacial score (nSPS) is 13.7. The van der Waals surface area contributed by atoms with Gasteiger partial charge in [-0.15, -0.1) is 0 Å². The third kappa shape index (κ3) is 4.00. The van der Waals surface area contributed by atoms with Crippen molar-refractivity contribution < 1.29 is 9.15 Å². The Morgan fingerprint density at radius 3 is 1.83 bits per heavy atom. The summed E-state index contributed by atoms with van der Waals surface area (Å²) in [6.45, 7) is 0. The van der Waals surface area contributed by atoms with Crippen LogP contribution in [0.4, 0.5) is 0 Å². The summed E-state index contributed by atoms with van der Waals surface area (Å²) in [6, 6.07) is 71.5. The Balaban J connectivity index is 1.02. The van der Waals surface area contributed by atoms with Gasteiger partial charge in [0.05, 0.1) is 5.41 Å². The zero-order valence-electron chi connectivity index (χ0n) is 31.8. The highest BCUT2D eigenvalue weighted by atomic mass is 16.5. The van der Waals surface area contributed by atoms with Crippen LogP contribution in [0.3, 0.4) is 0 Å². The summed E-state index contributed by atoms with van der Waals surface area (Å²) >= 11 is 0. The van der Waals surface area contributed by atoms with Gasteiger partial charge in [0.25, 0.3) is 0 Å². The van der Waals surface area contributed by atoms with E-state index >= 15 is 0 Å². The standard InChI is InChI=1S/C57H32O2/c1-4-18-48-39(12-1)40-13-2-5-19-49(40)57(48)50-31-35(34-24-29-52-47(30-34)44-16-7-10-33-11-8-21-53(58-52)55(33)44)22-25-41(50)46-28-27-38-37(15-9-17-45(38)56(46)57)36-23-26-43-42-14-3-6-20-51(42)59-54(43)32-36/h1-32H. The van der Waals surface area contributed by atoms with Crippen LogP contribution >= 0.6 is 0 Å². The van der Waals surface area contributed by atoms with Crippen LogP contribution in [0, 0.1) is 0 Å². The van der Waals surface area contributed by atoms with Gasteiger partial charge in [-0.2, -0.15) is 0 Å². The van der Waals surface area contributed by atoms with E-state index in [9.17, 15) is 0 Å². The Hall–Kier alpha value is -7.68. The van der Waals surface area contributed by atoms with Crippen molar-refractivity contribution in [3.8, 4) is 67.1 Å². The van der Waals surface area contributed by atoms with E-state index in [2.05, 4.69) is 188 Å². The summed E-state index contributed by atoms with van der Waals surface area (Å²) in [4.78, 5) is 0. The molecule has 1 aromatic heterocycles. The Bertz CT molecular complexity index is 3610. The van der Waals surface area contributed by atoms with Crippen molar-refractivity contribution in [3.05, 3.63) is 216 Å². The summed E-state index contributed by atoms with van der Waals surface area (Å²) in [7, 11) is 0. The highest BCUT2D eigenvalue weighted by Gasteiger charge is 2.52. The lowest BCUT2D eigenvalue weighted by Crippen LogP contribution is -2.26. The maximum atomic E-state index is 6.52. The molecule has 0 unspecified atom stereocenters. The molecule has 3 aliphatic rings. The van der Waals surface area contributed by atoms with E-state index in [4.69, 9.17) is 9.15 Å². The predicted octanol–water partition coefficient (Wildman–Crippen LogP) is 15.3. The van der Waals surface area contributed by atoms with Crippen molar-refractivity contribution in [1.82, 2.24) is 0 Å². The number of benzene rings is 10. The summed E-state index contributed by atoms with van der Waals surface area (Å²) in [5.41, 5.74) is 18.9. The van der Waals surface area contributed by atoms with Crippen LogP contribution in [0.25, 0.3) is 99.1 Å². The van der Waals surface area contributed by atoms with E-state index in [0.29, 0.717) is 0 Å². The SMILES string of the molecule is c1ccc2c(c1)-c1ccccc1C21c2cc(-c3ccc4c(c3)-c3cccc5cccc(c35)O4)ccc2-c2ccc3c(-c4ccc5c(c4)oc4ccccc45)cccc3c21. The molecule has 0 radical (unpaired) electrons. The first kappa shape index (κ1) is 31.4. The molecule has 10 aromatic carbocycles. The third-order valence-electron chi connectivity index (χ3n) is 13.5. The van der Waals surface area contributed by atoms with Gasteiger partial charge < -0.3 is 9.15 Å². The Morgan fingerprint density at radius 2 is 0.949 bits per heavy atom. The molecule has 14 rings (SSSR count). The zero-order valence-corrected chi connectivity index (χ0v) is 31.8. The lowest BCUT2D eigenvalue weighted by Gasteiger charge is -2.32. The Labute approximate surface area is 340 Å². The highest BCUT2D eigenvalue weighted by molar-refractivity contribution is 6.11. The molecule has 2 heteroatoms. The van der Waals surface area contributed by atoms with Gasteiger partial charge in [-0.1, -0.05) is 152 Å². The molecule has 1 spiro atoms. The van der Waals surface area contributed by atoms with Crippen LogP contribution in [-0.2, 0) is 5.41 Å². The maximum Gasteiger partial charge on any atom is 0.136 e. The van der Waals surface area contributed by atoms with Crippen molar-refractivity contribution in [2.75, 3.05) is 0 Å². The maximum absolute atomic E-state index is 6.52. The van der Waals surface area contributed by atoms with Gasteiger partial charge in [0.1, 0.15) is 22.7 Å². The third-order valence-corrected chi connectivity index (χ3v) is 13.5. The van der Waals surface area contributed by atoms with Gasteiger partial charge >= 0.3 is 0 Å². The second-order valence-corrected chi connectivity index (χ2v) is 16.3. The van der Waals surface area contributed by atoms with Crippen molar-refractivity contribution >= 4 is 43.5 Å². The summed E-state index contributed by atoms with van der Waals surface area (Å²) < 4.78 is 12.9. The molecule has 0 saturated carbocycles. The van der Waals surface area contributed by atoms with Crippen molar-refractivity contribution in [2.45, 2.75) is 5.41 Å². The van der Waals surface area contributed by atoms with Crippen LogP contribution < -0.4 is 4.74 Å². The Kier molecular flexibility index (Phi) is 5.99. The summed E-state index contributed by atoms with van der Waals surface area (Å²) in [5.74, 6) is 1.81. The monoisotopic (exact) mass is 748 g/mol. The van der Waals surface area contributed by atoms with Gasteiger partial charge in [0.15, 0.2) is 0 Å². The van der Waals surface area contributed by atoms with E-state index in [1.807, 2.05) is 6.07 Å². The number of fused-ring (bicyclic) bond motifs is 17. The lowest BCUT2D eigenvalue weighted by molar-refractivity contribution is 0.487. The molecule has 0 amide bonds. The zero-order chi connectivity index (χ0) is 38.4. The van der Waals surface area contributed by atoms with Gasteiger partial charge in [-0.25, -0.2) is 0 Å². The molecule has 1 aliphatic heterocycles. The number of hydrogen-bond donors (Lipinski definition) is 0. The molecule has 0 saturated heterocycles. The molecular formula is C57H32O2. The minimum atomic E-state index is -0.517. The fraction of sp³-hybridized carbons (Fsp3) is 0.0175. The number of para-hydroxylation sites is 1. The molecule has 0 N–H and O–H groups in total. The summed E-state index contributed by atoms with van der Waals surface area (Å²) in [5, 5.41) is 7.16. The van der Waals surface area contributed by atoms with E-state index in [0.717, 1.165) is 44.6 Å². The second kappa shape index (κ2) is 11.2. The number of furan rings is 1. The van der Waals surface area contributed by atoms with E-state index in [-0.39, 0.29) is 0 Å². The van der Waals surface area contributed by atoms with Gasteiger partial charge in [0, 0.05) is 21.7 Å². The number of ether oxygens (including phenoxy) is 1. The largest absolute Gasteiger partial charge is 0.456 e. The van der Waals surface area contributed by atoms with Crippen molar-refractivity contribution in [3.63, 3.8) is 0 Å². The van der Waals surface area contributed by atoms with Crippen LogP contribution in [-0.4, -0.2) is 0 Å². The molecule has 0 fully saturated rings. The molecular weight excluding hydrogens is 717 g/mol. The molecule has 11 aromatic rings. The predicted molar refractivity (Wildman–Crippen MR) is 241 cm³/mol. The Morgan fingerprint density at radius 1 is 0.322 bits per heavy atom. The van der Waals surface area contributed by atoms with Crippen LogP contribution in [0.5, 0.6) is 11.5 Å². The number of rotatable bonds is 2. The molecule has 0 atom stereocenters. The second-order valence-electron chi connectivity index (χ2n) is 16.3. The molecule has 2 heterocycles. The fourth-order valence-electron chi connectivity index (χ4n) is 11.1. The average molecular weight is 749 g/mol. The molecule has 59 heavy (non-hydrogen) atoms. The minimum Gasteiger partial charge on any atom is -0.456 e. The van der Waals surface area contributed by atoms with E-state index in [1.54, 1.807) is 0 Å². The first-order valence-electron chi connectivity index (χ1n) is 20.4. The molecule has 2 aliphatic carbocycles. The quantitative estimate of drug-likeness (QED) is 0.176. The van der Waals surface area contributed by atoms with Gasteiger partial charge in [-0.3, -0.25) is 0 Å². The smallest absolute Gasteiger partial charge is 0.136 e.